The minimum absolute atomic E-state index is 0.0608. The van der Waals surface area contributed by atoms with Crippen molar-refractivity contribution in [3.8, 4) is 0 Å². The van der Waals surface area contributed by atoms with E-state index in [1.165, 1.54) is 283 Å². The minimum Gasteiger partial charge on any atom is -0.462 e. The van der Waals surface area contributed by atoms with Crippen LogP contribution in [0.4, 0.5) is 0 Å². The summed E-state index contributed by atoms with van der Waals surface area (Å²) in [4.78, 5) is 38.4. The van der Waals surface area contributed by atoms with Gasteiger partial charge >= 0.3 is 17.9 Å². The third-order valence-electron chi connectivity index (χ3n) is 15.5. The first-order valence-corrected chi connectivity index (χ1v) is 33.4. The van der Waals surface area contributed by atoms with Crippen molar-refractivity contribution in [2.24, 2.45) is 5.92 Å². The molecule has 6 heteroatoms. The van der Waals surface area contributed by atoms with Crippen LogP contribution in [0.5, 0.6) is 0 Å². The van der Waals surface area contributed by atoms with E-state index in [0.717, 1.165) is 63.7 Å². The summed E-state index contributed by atoms with van der Waals surface area (Å²) in [6.07, 6.45) is 69.7. The maximum absolute atomic E-state index is 12.9. The van der Waals surface area contributed by atoms with Crippen molar-refractivity contribution < 1.29 is 28.6 Å². The number of hydrogen-bond donors (Lipinski definition) is 0. The Morgan fingerprint density at radius 2 is 0.452 bits per heavy atom. The second kappa shape index (κ2) is 61.3. The van der Waals surface area contributed by atoms with Crippen molar-refractivity contribution >= 4 is 17.9 Å². The normalized spacial score (nSPS) is 12.0. The molecular formula is C67H130O6. The number of carbonyl (C=O) groups is 3. The molecule has 0 amide bonds. The SMILES string of the molecule is CCCCCCCCCCCCCCCCCCCCC(=O)OC[C@H](COC(=O)CCCCCCCCCCCCCCCCCC)OC(=O)CCCCCCCCCCCCCCCCCCCCC(C)C. The highest BCUT2D eigenvalue weighted by atomic mass is 16.6. The number of hydrogen-bond acceptors (Lipinski definition) is 6. The van der Waals surface area contributed by atoms with Gasteiger partial charge in [-0.25, -0.2) is 0 Å². The molecule has 0 aliphatic carbocycles. The van der Waals surface area contributed by atoms with E-state index in [9.17, 15) is 14.4 Å². The van der Waals surface area contributed by atoms with Gasteiger partial charge in [-0.05, 0) is 25.2 Å². The Balaban J connectivity index is 4.27. The molecule has 0 aromatic rings. The standard InChI is InChI=1S/C67H130O6/c1-5-7-9-11-13-15-17-19-21-23-27-31-35-39-43-47-51-55-59-66(69)72-62-64(61-71-65(68)58-54-50-46-42-38-34-30-22-20-18-16-14-12-10-8-6-2)73-67(70)60-56-52-48-44-40-36-32-28-25-24-26-29-33-37-41-45-49-53-57-63(3)4/h63-64H,5-62H2,1-4H3/t64-/m0/s1. The van der Waals surface area contributed by atoms with Gasteiger partial charge in [0.05, 0.1) is 0 Å². The lowest BCUT2D eigenvalue weighted by atomic mass is 10.0. The highest BCUT2D eigenvalue weighted by Gasteiger charge is 2.19. The lowest BCUT2D eigenvalue weighted by Crippen LogP contribution is -2.30. The third kappa shape index (κ3) is 61.1. The first-order valence-electron chi connectivity index (χ1n) is 33.4. The fourth-order valence-electron chi connectivity index (χ4n) is 10.5. The number of carbonyl (C=O) groups excluding carboxylic acids is 3. The third-order valence-corrected chi connectivity index (χ3v) is 15.5. The summed E-state index contributed by atoms with van der Waals surface area (Å²) in [5, 5.41) is 0. The first kappa shape index (κ1) is 71.4. The molecule has 0 heterocycles. The molecule has 0 spiro atoms. The Labute approximate surface area is 457 Å². The van der Waals surface area contributed by atoms with Crippen molar-refractivity contribution in [3.05, 3.63) is 0 Å². The molecule has 0 N–H and O–H groups in total. The molecule has 0 aliphatic rings. The molecule has 1 atom stereocenters. The van der Waals surface area contributed by atoms with E-state index in [-0.39, 0.29) is 31.1 Å². The van der Waals surface area contributed by atoms with Crippen LogP contribution < -0.4 is 0 Å². The molecular weight excluding hydrogens is 901 g/mol. The predicted octanol–water partition coefficient (Wildman–Crippen LogP) is 22.5. The van der Waals surface area contributed by atoms with Gasteiger partial charge in [0.25, 0.3) is 0 Å². The van der Waals surface area contributed by atoms with Crippen LogP contribution in [0, 0.1) is 5.92 Å². The molecule has 0 aliphatic heterocycles. The van der Waals surface area contributed by atoms with Crippen LogP contribution in [-0.4, -0.2) is 37.2 Å². The highest BCUT2D eigenvalue weighted by molar-refractivity contribution is 5.71. The second-order valence-electron chi connectivity index (χ2n) is 23.6. The van der Waals surface area contributed by atoms with Gasteiger partial charge in [-0.1, -0.05) is 349 Å². The monoisotopic (exact) mass is 1030 g/mol. The first-order chi connectivity index (χ1) is 35.9. The maximum atomic E-state index is 12.9. The van der Waals surface area contributed by atoms with Crippen molar-refractivity contribution in [2.75, 3.05) is 13.2 Å². The number of esters is 3. The Morgan fingerprint density at radius 1 is 0.260 bits per heavy atom. The minimum atomic E-state index is -0.763. The van der Waals surface area contributed by atoms with Crippen LogP contribution in [0.2, 0.25) is 0 Å². The molecule has 0 rings (SSSR count). The van der Waals surface area contributed by atoms with Crippen molar-refractivity contribution in [1.82, 2.24) is 0 Å². The fourth-order valence-corrected chi connectivity index (χ4v) is 10.5. The molecule has 434 valence electrons. The Hall–Kier alpha value is -1.59. The zero-order valence-electron chi connectivity index (χ0n) is 50.1. The molecule has 0 bridgehead atoms. The van der Waals surface area contributed by atoms with Gasteiger partial charge < -0.3 is 14.2 Å². The van der Waals surface area contributed by atoms with Crippen LogP contribution in [-0.2, 0) is 28.6 Å². The molecule has 0 fully saturated rings. The van der Waals surface area contributed by atoms with E-state index in [0.29, 0.717) is 19.3 Å². The molecule has 0 radical (unpaired) electrons. The molecule has 0 saturated heterocycles. The van der Waals surface area contributed by atoms with Crippen LogP contribution >= 0.6 is 0 Å². The lowest BCUT2D eigenvalue weighted by Gasteiger charge is -2.18. The summed E-state index contributed by atoms with van der Waals surface area (Å²) >= 11 is 0. The Kier molecular flexibility index (Phi) is 59.9. The summed E-state index contributed by atoms with van der Waals surface area (Å²) in [5.74, 6) is 0.0346. The van der Waals surface area contributed by atoms with Gasteiger partial charge in [-0.2, -0.15) is 0 Å². The highest BCUT2D eigenvalue weighted by Crippen LogP contribution is 2.19. The van der Waals surface area contributed by atoms with E-state index < -0.39 is 6.10 Å². The summed E-state index contributed by atoms with van der Waals surface area (Å²) in [7, 11) is 0. The number of unbranched alkanes of at least 4 members (excludes halogenated alkanes) is 49. The predicted molar refractivity (Wildman–Crippen MR) is 317 cm³/mol. The van der Waals surface area contributed by atoms with Gasteiger partial charge in [-0.15, -0.1) is 0 Å². The number of rotatable bonds is 62. The van der Waals surface area contributed by atoms with Gasteiger partial charge in [0.2, 0.25) is 0 Å². The average Bonchev–Trinajstić information content (AvgIpc) is 3.38. The lowest BCUT2D eigenvalue weighted by molar-refractivity contribution is -0.167. The van der Waals surface area contributed by atoms with Crippen LogP contribution in [0.25, 0.3) is 0 Å². The Morgan fingerprint density at radius 3 is 0.671 bits per heavy atom. The summed E-state index contributed by atoms with van der Waals surface area (Å²) in [5.41, 5.74) is 0. The van der Waals surface area contributed by atoms with E-state index in [1.807, 2.05) is 0 Å². The fraction of sp³-hybridized carbons (Fsp3) is 0.955. The topological polar surface area (TPSA) is 78.9 Å². The van der Waals surface area contributed by atoms with Crippen LogP contribution in [0.1, 0.15) is 387 Å². The summed E-state index contributed by atoms with van der Waals surface area (Å²) < 4.78 is 17.0. The van der Waals surface area contributed by atoms with Crippen molar-refractivity contribution in [1.29, 1.82) is 0 Å². The molecule has 0 unspecified atom stereocenters. The van der Waals surface area contributed by atoms with E-state index in [2.05, 4.69) is 27.7 Å². The molecule has 0 aromatic carbocycles. The zero-order valence-corrected chi connectivity index (χ0v) is 50.1. The molecule has 73 heavy (non-hydrogen) atoms. The van der Waals surface area contributed by atoms with Crippen LogP contribution in [0.15, 0.2) is 0 Å². The Bertz CT molecular complexity index is 1110. The quantitative estimate of drug-likeness (QED) is 0.0343. The molecule has 6 nitrogen and oxygen atoms in total. The average molecular weight is 1030 g/mol. The molecule has 0 saturated carbocycles. The van der Waals surface area contributed by atoms with E-state index >= 15 is 0 Å². The smallest absolute Gasteiger partial charge is 0.306 e. The molecule has 0 aromatic heterocycles. The van der Waals surface area contributed by atoms with Gasteiger partial charge in [0.15, 0.2) is 6.10 Å². The largest absolute Gasteiger partial charge is 0.462 e. The van der Waals surface area contributed by atoms with Gasteiger partial charge in [0.1, 0.15) is 13.2 Å². The van der Waals surface area contributed by atoms with E-state index in [4.69, 9.17) is 14.2 Å². The summed E-state index contributed by atoms with van der Waals surface area (Å²) in [6, 6.07) is 0. The summed E-state index contributed by atoms with van der Waals surface area (Å²) in [6.45, 7) is 9.11. The van der Waals surface area contributed by atoms with Gasteiger partial charge in [0, 0.05) is 19.3 Å². The van der Waals surface area contributed by atoms with Crippen LogP contribution in [0.3, 0.4) is 0 Å². The van der Waals surface area contributed by atoms with E-state index in [1.54, 1.807) is 0 Å². The number of ether oxygens (including phenoxy) is 3. The van der Waals surface area contributed by atoms with Crippen molar-refractivity contribution in [2.45, 2.75) is 393 Å². The maximum Gasteiger partial charge on any atom is 0.306 e. The zero-order chi connectivity index (χ0) is 53.0. The second-order valence-corrected chi connectivity index (χ2v) is 23.6. The van der Waals surface area contributed by atoms with Crippen molar-refractivity contribution in [3.63, 3.8) is 0 Å². The van der Waals surface area contributed by atoms with Gasteiger partial charge in [-0.3, -0.25) is 14.4 Å².